The van der Waals surface area contributed by atoms with Gasteiger partial charge in [0, 0.05) is 11.8 Å². The Hall–Kier alpha value is -1.74. The minimum atomic E-state index is -0.222. The Morgan fingerprint density at radius 2 is 1.94 bits per heavy atom. The van der Waals surface area contributed by atoms with Crippen molar-refractivity contribution in [2.24, 2.45) is 0 Å². The maximum Gasteiger partial charge on any atom is 0.148 e. The third kappa shape index (κ3) is 2.57. The van der Waals surface area contributed by atoms with E-state index in [2.05, 4.69) is 60.3 Å². The molecule has 0 aliphatic heterocycles. The first-order chi connectivity index (χ1) is 8.53. The second-order valence-corrected chi connectivity index (χ2v) is 5.01. The zero-order valence-corrected chi connectivity index (χ0v) is 11.4. The molecule has 1 aromatic carbocycles. The van der Waals surface area contributed by atoms with Crippen LogP contribution in [0, 0.1) is 6.92 Å². The van der Waals surface area contributed by atoms with Crippen molar-refractivity contribution in [2.75, 3.05) is 7.05 Å². The molecular formula is C15H19N3. The summed E-state index contributed by atoms with van der Waals surface area (Å²) in [6.07, 6.45) is 1.82. The summed E-state index contributed by atoms with van der Waals surface area (Å²) >= 11 is 0. The Morgan fingerprint density at radius 1 is 1.17 bits per heavy atom. The summed E-state index contributed by atoms with van der Waals surface area (Å²) in [4.78, 5) is 9.01. The molecule has 1 heterocycles. The van der Waals surface area contributed by atoms with Crippen LogP contribution < -0.4 is 5.32 Å². The fourth-order valence-electron chi connectivity index (χ4n) is 1.74. The van der Waals surface area contributed by atoms with Gasteiger partial charge in [-0.2, -0.15) is 0 Å². The predicted molar refractivity (Wildman–Crippen MR) is 74.3 cm³/mol. The Kier molecular flexibility index (Phi) is 3.43. The Morgan fingerprint density at radius 3 is 2.61 bits per heavy atom. The van der Waals surface area contributed by atoms with Crippen LogP contribution >= 0.6 is 0 Å². The van der Waals surface area contributed by atoms with Crippen molar-refractivity contribution in [1.29, 1.82) is 0 Å². The second kappa shape index (κ2) is 4.86. The lowest BCUT2D eigenvalue weighted by Gasteiger charge is -2.22. The van der Waals surface area contributed by atoms with Gasteiger partial charge in [-0.3, -0.25) is 0 Å². The number of benzene rings is 1. The molecule has 3 heteroatoms. The molecule has 0 aliphatic rings. The van der Waals surface area contributed by atoms with E-state index in [1.54, 1.807) is 0 Å². The average Bonchev–Trinajstić information content (AvgIpc) is 2.39. The quantitative estimate of drug-likeness (QED) is 0.898. The highest BCUT2D eigenvalue weighted by Gasteiger charge is 2.21. The molecule has 2 aromatic rings. The maximum absolute atomic E-state index is 4.65. The van der Waals surface area contributed by atoms with E-state index in [1.807, 2.05) is 19.3 Å². The molecule has 1 aromatic heterocycles. The van der Waals surface area contributed by atoms with E-state index in [-0.39, 0.29) is 5.54 Å². The van der Waals surface area contributed by atoms with Gasteiger partial charge in [-0.15, -0.1) is 0 Å². The van der Waals surface area contributed by atoms with E-state index in [9.17, 15) is 0 Å². The largest absolute Gasteiger partial charge is 0.308 e. The third-order valence-corrected chi connectivity index (χ3v) is 3.15. The summed E-state index contributed by atoms with van der Waals surface area (Å²) < 4.78 is 0. The van der Waals surface area contributed by atoms with Gasteiger partial charge in [0.2, 0.25) is 0 Å². The number of nitrogens with one attached hydrogen (secondary N) is 1. The molecule has 0 atom stereocenters. The summed E-state index contributed by atoms with van der Waals surface area (Å²) in [5.41, 5.74) is 3.11. The predicted octanol–water partition coefficient (Wildman–Crippen LogP) is 2.91. The second-order valence-electron chi connectivity index (χ2n) is 5.01. The molecule has 3 nitrogen and oxygen atoms in total. The highest BCUT2D eigenvalue weighted by molar-refractivity contribution is 5.59. The van der Waals surface area contributed by atoms with Gasteiger partial charge >= 0.3 is 0 Å². The summed E-state index contributed by atoms with van der Waals surface area (Å²) in [5.74, 6) is 0.809. The van der Waals surface area contributed by atoms with Crippen LogP contribution in [0.1, 0.15) is 25.2 Å². The standard InChI is InChI=1S/C15H19N3/c1-11-6-5-7-12(10-11)13-8-9-17-14(18-13)15(2,3)16-4/h5-10,16H,1-4H3. The summed E-state index contributed by atoms with van der Waals surface area (Å²) in [5, 5.41) is 3.22. The first-order valence-corrected chi connectivity index (χ1v) is 6.12. The smallest absolute Gasteiger partial charge is 0.148 e. The lowest BCUT2D eigenvalue weighted by molar-refractivity contribution is 0.417. The first kappa shape index (κ1) is 12.7. The van der Waals surface area contributed by atoms with Crippen molar-refractivity contribution < 1.29 is 0 Å². The van der Waals surface area contributed by atoms with Gasteiger partial charge in [-0.1, -0.05) is 23.8 Å². The monoisotopic (exact) mass is 241 g/mol. The molecule has 2 rings (SSSR count). The minimum Gasteiger partial charge on any atom is -0.308 e. The highest BCUT2D eigenvalue weighted by atomic mass is 15.0. The normalized spacial score (nSPS) is 11.6. The van der Waals surface area contributed by atoms with Crippen molar-refractivity contribution in [3.63, 3.8) is 0 Å². The van der Waals surface area contributed by atoms with Crippen molar-refractivity contribution in [1.82, 2.24) is 15.3 Å². The maximum atomic E-state index is 4.65. The van der Waals surface area contributed by atoms with Gasteiger partial charge in [-0.05, 0) is 40.0 Å². The fraction of sp³-hybridized carbons (Fsp3) is 0.333. The van der Waals surface area contributed by atoms with Crippen molar-refractivity contribution in [3.8, 4) is 11.3 Å². The van der Waals surface area contributed by atoms with E-state index in [0.29, 0.717) is 0 Å². The van der Waals surface area contributed by atoms with Crippen LogP contribution in [-0.2, 0) is 5.54 Å². The third-order valence-electron chi connectivity index (χ3n) is 3.15. The van der Waals surface area contributed by atoms with E-state index < -0.39 is 0 Å². The molecule has 1 N–H and O–H groups in total. The van der Waals surface area contributed by atoms with Crippen LogP contribution in [-0.4, -0.2) is 17.0 Å². The summed E-state index contributed by atoms with van der Waals surface area (Å²) in [7, 11) is 1.92. The fourth-order valence-corrected chi connectivity index (χ4v) is 1.74. The first-order valence-electron chi connectivity index (χ1n) is 6.12. The van der Waals surface area contributed by atoms with Crippen LogP contribution in [0.3, 0.4) is 0 Å². The Bertz CT molecular complexity index is 547. The highest BCUT2D eigenvalue weighted by Crippen LogP contribution is 2.21. The molecule has 18 heavy (non-hydrogen) atoms. The van der Waals surface area contributed by atoms with Crippen molar-refractivity contribution in [3.05, 3.63) is 47.9 Å². The number of hydrogen-bond acceptors (Lipinski definition) is 3. The molecule has 0 fully saturated rings. The zero-order chi connectivity index (χ0) is 13.2. The van der Waals surface area contributed by atoms with Crippen LogP contribution in [0.25, 0.3) is 11.3 Å². The Labute approximate surface area is 108 Å². The van der Waals surface area contributed by atoms with Gasteiger partial charge in [0.1, 0.15) is 5.82 Å². The van der Waals surface area contributed by atoms with E-state index in [0.717, 1.165) is 17.1 Å². The summed E-state index contributed by atoms with van der Waals surface area (Å²) in [6.45, 7) is 6.23. The molecular weight excluding hydrogens is 222 g/mol. The lowest BCUT2D eigenvalue weighted by atomic mass is 10.0. The molecule has 0 amide bonds. The molecule has 94 valence electrons. The topological polar surface area (TPSA) is 37.8 Å². The molecule has 0 saturated heterocycles. The minimum absolute atomic E-state index is 0.222. The SMILES string of the molecule is CNC(C)(C)c1nccc(-c2cccc(C)c2)n1. The van der Waals surface area contributed by atoms with Crippen molar-refractivity contribution >= 4 is 0 Å². The van der Waals surface area contributed by atoms with Gasteiger partial charge < -0.3 is 5.32 Å². The number of rotatable bonds is 3. The van der Waals surface area contributed by atoms with Gasteiger partial charge in [0.25, 0.3) is 0 Å². The van der Waals surface area contributed by atoms with E-state index in [4.69, 9.17) is 0 Å². The van der Waals surface area contributed by atoms with E-state index >= 15 is 0 Å². The molecule has 0 radical (unpaired) electrons. The number of nitrogens with zero attached hydrogens (tertiary/aromatic N) is 2. The van der Waals surface area contributed by atoms with Gasteiger partial charge in [0.15, 0.2) is 0 Å². The van der Waals surface area contributed by atoms with Crippen LogP contribution in [0.2, 0.25) is 0 Å². The average molecular weight is 241 g/mol. The number of hydrogen-bond donors (Lipinski definition) is 1. The molecule has 0 aliphatic carbocycles. The van der Waals surface area contributed by atoms with Crippen molar-refractivity contribution in [2.45, 2.75) is 26.3 Å². The summed E-state index contributed by atoms with van der Waals surface area (Å²) in [6, 6.07) is 10.3. The Balaban J connectivity index is 2.45. The molecule has 0 saturated carbocycles. The zero-order valence-electron chi connectivity index (χ0n) is 11.4. The molecule has 0 bridgehead atoms. The lowest BCUT2D eigenvalue weighted by Crippen LogP contribution is -2.35. The van der Waals surface area contributed by atoms with Crippen LogP contribution in [0.15, 0.2) is 36.5 Å². The van der Waals surface area contributed by atoms with Gasteiger partial charge in [0.05, 0.1) is 11.2 Å². The van der Waals surface area contributed by atoms with Gasteiger partial charge in [-0.25, -0.2) is 9.97 Å². The van der Waals surface area contributed by atoms with E-state index in [1.165, 1.54) is 5.56 Å². The number of aromatic nitrogens is 2. The molecule has 0 unspecified atom stereocenters. The van der Waals surface area contributed by atoms with Crippen LogP contribution in [0.5, 0.6) is 0 Å². The number of aryl methyl sites for hydroxylation is 1. The van der Waals surface area contributed by atoms with Crippen LogP contribution in [0.4, 0.5) is 0 Å². The molecule has 0 spiro atoms.